The summed E-state index contributed by atoms with van der Waals surface area (Å²) in [5.41, 5.74) is 1.58. The molecule has 1 unspecified atom stereocenters. The van der Waals surface area contributed by atoms with Crippen LogP contribution in [0.5, 0.6) is 0 Å². The number of fused-ring (bicyclic) bond motifs is 5. The van der Waals surface area contributed by atoms with Gasteiger partial charge in [-0.3, -0.25) is 0 Å². The van der Waals surface area contributed by atoms with Gasteiger partial charge in [0.1, 0.15) is 0 Å². The Morgan fingerprint density at radius 1 is 1.07 bits per heavy atom. The summed E-state index contributed by atoms with van der Waals surface area (Å²) in [7, 11) is 1.87. The maximum absolute atomic E-state index is 10.8. The molecule has 3 nitrogen and oxygen atoms in total. The molecule has 0 aromatic rings. The van der Waals surface area contributed by atoms with Crippen molar-refractivity contribution in [2.24, 2.45) is 40.4 Å². The van der Waals surface area contributed by atoms with E-state index in [4.69, 9.17) is 4.74 Å². The lowest BCUT2D eigenvalue weighted by molar-refractivity contribution is -0.0976. The van der Waals surface area contributed by atoms with E-state index >= 15 is 0 Å². The van der Waals surface area contributed by atoms with Gasteiger partial charge in [0.2, 0.25) is 0 Å². The third kappa shape index (κ3) is 3.71. The van der Waals surface area contributed by atoms with Gasteiger partial charge in [-0.05, 0) is 113 Å². The molecule has 2 N–H and O–H groups in total. The second-order valence-electron chi connectivity index (χ2n) is 12.2. The van der Waals surface area contributed by atoms with E-state index in [0.29, 0.717) is 11.3 Å². The molecule has 4 aliphatic carbocycles. The van der Waals surface area contributed by atoms with Gasteiger partial charge < -0.3 is 14.9 Å². The zero-order valence-electron chi connectivity index (χ0n) is 20.1. The number of allylic oxidation sites excluding steroid dienone is 1. The van der Waals surface area contributed by atoms with E-state index in [2.05, 4.69) is 19.9 Å². The molecule has 0 radical (unpaired) electrons. The molecule has 0 heterocycles. The molecule has 3 heteroatoms. The van der Waals surface area contributed by atoms with Crippen molar-refractivity contribution in [1.82, 2.24) is 0 Å². The summed E-state index contributed by atoms with van der Waals surface area (Å²) in [6.07, 6.45) is 13.9. The highest BCUT2D eigenvalue weighted by Gasteiger charge is 2.60. The fourth-order valence-electron chi connectivity index (χ4n) is 8.82. The third-order valence-electron chi connectivity index (χ3n) is 10.3. The molecule has 0 aromatic carbocycles. The van der Waals surface area contributed by atoms with E-state index in [1.54, 1.807) is 0 Å². The minimum Gasteiger partial charge on any atom is -0.393 e. The molecule has 172 valence electrons. The molecule has 0 spiro atoms. The smallest absolute Gasteiger partial charge is 0.0657 e. The summed E-state index contributed by atoms with van der Waals surface area (Å²) < 4.78 is 5.86. The Bertz CT molecular complexity index is 652. The highest BCUT2D eigenvalue weighted by atomic mass is 16.5. The fraction of sp³-hybridized carbons (Fsp3) is 0.926. The molecule has 0 bridgehead atoms. The second kappa shape index (κ2) is 8.19. The van der Waals surface area contributed by atoms with Crippen molar-refractivity contribution in [2.45, 2.75) is 104 Å². The van der Waals surface area contributed by atoms with E-state index in [1.165, 1.54) is 37.7 Å². The normalized spacial score (nSPS) is 47.6. The van der Waals surface area contributed by atoms with E-state index in [9.17, 15) is 10.2 Å². The molecule has 4 aliphatic rings. The first kappa shape index (κ1) is 22.8. The van der Waals surface area contributed by atoms with E-state index in [-0.39, 0.29) is 11.5 Å². The van der Waals surface area contributed by atoms with Crippen LogP contribution in [0.15, 0.2) is 11.6 Å². The van der Waals surface area contributed by atoms with Crippen LogP contribution in [-0.2, 0) is 4.74 Å². The van der Waals surface area contributed by atoms with Crippen molar-refractivity contribution in [3.63, 3.8) is 0 Å². The van der Waals surface area contributed by atoms with Gasteiger partial charge in [0.15, 0.2) is 0 Å². The van der Waals surface area contributed by atoms with Crippen LogP contribution in [0.3, 0.4) is 0 Å². The Labute approximate surface area is 184 Å². The third-order valence-corrected chi connectivity index (χ3v) is 10.3. The van der Waals surface area contributed by atoms with Crippen molar-refractivity contribution in [1.29, 1.82) is 0 Å². The van der Waals surface area contributed by atoms with Crippen LogP contribution in [0.4, 0.5) is 0 Å². The molecular formula is C27H46O3. The van der Waals surface area contributed by atoms with Crippen LogP contribution < -0.4 is 0 Å². The minimum absolute atomic E-state index is 0.164. The Kier molecular flexibility index (Phi) is 6.23. The Hall–Kier alpha value is -0.380. The standard InChI is InChI=1S/C27H46O3/c1-18(6-7-19(2)28)22-10-11-23-21-9-8-20-16-25(3,29)14-15-27(20,17-30-5)24(21)12-13-26(22,23)4/h8,18-19,21-24,28-29H,6-7,9-17H2,1-5H3/t18-,19?,21+,22-,23+,24+,25+,26-,27-/m1/s1. The largest absolute Gasteiger partial charge is 0.393 e. The molecule has 9 atom stereocenters. The van der Waals surface area contributed by atoms with Crippen molar-refractivity contribution in [3.8, 4) is 0 Å². The molecule has 0 aliphatic heterocycles. The Morgan fingerprint density at radius 3 is 2.53 bits per heavy atom. The van der Waals surface area contributed by atoms with Gasteiger partial charge in [-0.15, -0.1) is 0 Å². The number of aliphatic hydroxyl groups is 2. The maximum Gasteiger partial charge on any atom is 0.0657 e. The molecule has 3 fully saturated rings. The molecule has 30 heavy (non-hydrogen) atoms. The highest BCUT2D eigenvalue weighted by molar-refractivity contribution is 5.28. The predicted molar refractivity (Wildman–Crippen MR) is 122 cm³/mol. The predicted octanol–water partition coefficient (Wildman–Crippen LogP) is 5.74. The van der Waals surface area contributed by atoms with Crippen molar-refractivity contribution in [2.75, 3.05) is 13.7 Å². The second-order valence-corrected chi connectivity index (χ2v) is 12.2. The van der Waals surface area contributed by atoms with Crippen molar-refractivity contribution < 1.29 is 14.9 Å². The van der Waals surface area contributed by atoms with Gasteiger partial charge in [0.05, 0.1) is 18.3 Å². The van der Waals surface area contributed by atoms with Crippen molar-refractivity contribution in [3.05, 3.63) is 11.6 Å². The lowest BCUT2D eigenvalue weighted by atomic mass is 9.46. The average Bonchev–Trinajstić information content (AvgIpc) is 3.03. The molecule has 0 aromatic heterocycles. The number of aliphatic hydroxyl groups excluding tert-OH is 1. The average molecular weight is 419 g/mol. The minimum atomic E-state index is -0.545. The zero-order chi connectivity index (χ0) is 21.7. The summed E-state index contributed by atoms with van der Waals surface area (Å²) in [6, 6.07) is 0. The Balaban J connectivity index is 1.58. The van der Waals surface area contributed by atoms with Gasteiger partial charge in [0.25, 0.3) is 0 Å². The van der Waals surface area contributed by atoms with Crippen molar-refractivity contribution >= 4 is 0 Å². The zero-order valence-corrected chi connectivity index (χ0v) is 20.1. The van der Waals surface area contributed by atoms with Gasteiger partial charge >= 0.3 is 0 Å². The van der Waals surface area contributed by atoms with Gasteiger partial charge in [-0.1, -0.05) is 25.5 Å². The summed E-state index contributed by atoms with van der Waals surface area (Å²) in [5, 5.41) is 20.6. The molecule has 0 amide bonds. The topological polar surface area (TPSA) is 49.7 Å². The summed E-state index contributed by atoms with van der Waals surface area (Å²) in [6.45, 7) is 9.83. The van der Waals surface area contributed by atoms with Gasteiger partial charge in [-0.25, -0.2) is 0 Å². The highest BCUT2D eigenvalue weighted by Crippen LogP contribution is 2.67. The van der Waals surface area contributed by atoms with Gasteiger partial charge in [-0.2, -0.15) is 0 Å². The summed E-state index contributed by atoms with van der Waals surface area (Å²) in [4.78, 5) is 0. The summed E-state index contributed by atoms with van der Waals surface area (Å²) >= 11 is 0. The van der Waals surface area contributed by atoms with Crippen LogP contribution in [-0.4, -0.2) is 35.6 Å². The molecular weight excluding hydrogens is 372 g/mol. The molecule has 4 rings (SSSR count). The Morgan fingerprint density at radius 2 is 1.83 bits per heavy atom. The maximum atomic E-state index is 10.8. The fourth-order valence-corrected chi connectivity index (χ4v) is 8.82. The van der Waals surface area contributed by atoms with Crippen LogP contribution in [0.25, 0.3) is 0 Å². The number of hydrogen-bond acceptors (Lipinski definition) is 3. The van der Waals surface area contributed by atoms with Crippen LogP contribution in [0.1, 0.15) is 91.9 Å². The van der Waals surface area contributed by atoms with Crippen LogP contribution >= 0.6 is 0 Å². The lowest BCUT2D eigenvalue weighted by Gasteiger charge is -2.60. The monoisotopic (exact) mass is 418 g/mol. The van der Waals surface area contributed by atoms with E-state index in [1.807, 2.05) is 21.0 Å². The number of ether oxygens (including phenoxy) is 1. The van der Waals surface area contributed by atoms with Crippen LogP contribution in [0, 0.1) is 40.4 Å². The molecule has 3 saturated carbocycles. The van der Waals surface area contributed by atoms with E-state index < -0.39 is 5.60 Å². The van der Waals surface area contributed by atoms with Gasteiger partial charge in [0, 0.05) is 12.5 Å². The quantitative estimate of drug-likeness (QED) is 0.541. The van der Waals surface area contributed by atoms with E-state index in [0.717, 1.165) is 62.4 Å². The molecule has 0 saturated heterocycles. The SMILES string of the molecule is COC[C@]12CC[C@](C)(O)CC1=CC[C@@H]1[C@@H]2CC[C@]2(C)[C@@H]([C@H](C)CCC(C)O)CC[C@@H]12. The number of hydrogen-bond donors (Lipinski definition) is 2. The number of rotatable bonds is 6. The number of methoxy groups -OCH3 is 1. The van der Waals surface area contributed by atoms with Crippen LogP contribution in [0.2, 0.25) is 0 Å². The first-order chi connectivity index (χ1) is 14.1. The summed E-state index contributed by atoms with van der Waals surface area (Å²) in [5.74, 6) is 3.83. The first-order valence-electron chi connectivity index (χ1n) is 12.7. The first-order valence-corrected chi connectivity index (χ1v) is 12.7. The lowest BCUT2D eigenvalue weighted by Crippen LogP contribution is -2.54.